The number of aliphatic carboxylic acids is 2. The molecule has 10 nitrogen and oxygen atoms in total. The van der Waals surface area contributed by atoms with Gasteiger partial charge in [-0.3, -0.25) is 14.7 Å². The van der Waals surface area contributed by atoms with Gasteiger partial charge in [0.2, 0.25) is 0 Å². The van der Waals surface area contributed by atoms with Gasteiger partial charge in [0.25, 0.3) is 5.91 Å². The number of carbonyl (C=O) groups is 3. The van der Waals surface area contributed by atoms with E-state index in [9.17, 15) is 31.1 Å². The summed E-state index contributed by atoms with van der Waals surface area (Å²) < 4.78 is 65.9. The number of pyridine rings is 1. The highest BCUT2D eigenvalue weighted by molar-refractivity contribution is 5.94. The number of aromatic nitrogens is 3. The molecule has 0 bridgehead atoms. The summed E-state index contributed by atoms with van der Waals surface area (Å²) in [5.41, 5.74) is 2.96. The summed E-state index contributed by atoms with van der Waals surface area (Å²) in [5.74, 6) is -4.28. The highest BCUT2D eigenvalue weighted by atomic mass is 19.4. The number of fused-ring (bicyclic) bond motifs is 2. The fraction of sp³-hybridized carbons (Fsp3) is 0.393. The molecule has 2 aliphatic heterocycles. The van der Waals surface area contributed by atoms with Gasteiger partial charge in [0.15, 0.2) is 0 Å². The molecule has 1 saturated heterocycles. The molecule has 1 amide bonds. The van der Waals surface area contributed by atoms with Crippen molar-refractivity contribution in [3.8, 4) is 11.3 Å². The normalized spacial score (nSPS) is 16.1. The van der Waals surface area contributed by atoms with Crippen molar-refractivity contribution in [2.45, 2.75) is 44.2 Å². The van der Waals surface area contributed by atoms with E-state index < -0.39 is 24.3 Å². The maximum atomic E-state index is 12.9. The Kier molecular flexibility index (Phi) is 10.7. The predicted molar refractivity (Wildman–Crippen MR) is 143 cm³/mol. The topological polar surface area (TPSA) is 129 Å². The number of alkyl halides is 6. The van der Waals surface area contributed by atoms with Gasteiger partial charge in [-0.2, -0.15) is 26.3 Å². The highest BCUT2D eigenvalue weighted by Crippen LogP contribution is 2.42. The number of benzene rings is 1. The number of likely N-dealkylation sites (tertiary alicyclic amines) is 1. The number of likely N-dealkylation sites (N-methyl/N-ethyl adjacent to an activating group) is 1. The molecule has 4 heterocycles. The number of imidazole rings is 1. The Labute approximate surface area is 247 Å². The number of carboxylic acid groups (broad SMARTS) is 2. The lowest BCUT2D eigenvalue weighted by Gasteiger charge is -2.50. The first-order valence-electron chi connectivity index (χ1n) is 13.3. The Morgan fingerprint density at radius 1 is 0.841 bits per heavy atom. The average Bonchev–Trinajstić information content (AvgIpc) is 3.43. The van der Waals surface area contributed by atoms with E-state index in [2.05, 4.69) is 45.6 Å². The van der Waals surface area contributed by atoms with Gasteiger partial charge in [-0.15, -0.1) is 0 Å². The second-order valence-corrected chi connectivity index (χ2v) is 9.74. The number of rotatable bonds is 3. The molecular formula is C28H29F6N5O5. The van der Waals surface area contributed by atoms with Crippen molar-refractivity contribution in [2.75, 3.05) is 26.2 Å². The van der Waals surface area contributed by atoms with Crippen molar-refractivity contribution in [3.63, 3.8) is 0 Å². The third kappa shape index (κ3) is 7.92. The smallest absolute Gasteiger partial charge is 0.475 e. The molecule has 2 aromatic heterocycles. The van der Waals surface area contributed by atoms with Crippen LogP contribution in [0, 0.1) is 0 Å². The zero-order valence-corrected chi connectivity index (χ0v) is 23.3. The molecule has 3 aromatic rings. The van der Waals surface area contributed by atoms with Gasteiger partial charge < -0.3 is 19.7 Å². The summed E-state index contributed by atoms with van der Waals surface area (Å²) in [5, 5.41) is 14.2. The summed E-state index contributed by atoms with van der Waals surface area (Å²) in [6.07, 6.45) is -2.98. The van der Waals surface area contributed by atoms with Gasteiger partial charge in [0.1, 0.15) is 5.82 Å². The Hall–Kier alpha value is -4.47. The molecule has 0 aliphatic carbocycles. The maximum Gasteiger partial charge on any atom is 0.490 e. The third-order valence-corrected chi connectivity index (χ3v) is 7.19. The minimum absolute atomic E-state index is 0.0742. The molecule has 238 valence electrons. The van der Waals surface area contributed by atoms with E-state index in [0.717, 1.165) is 51.4 Å². The average molecular weight is 630 g/mol. The number of carbonyl (C=O) groups excluding carboxylic acids is 1. The number of amides is 1. The Morgan fingerprint density at radius 3 is 1.89 bits per heavy atom. The first kappa shape index (κ1) is 34.0. The first-order chi connectivity index (χ1) is 20.6. The molecule has 2 aliphatic rings. The molecule has 1 fully saturated rings. The lowest BCUT2D eigenvalue weighted by molar-refractivity contribution is -0.193. The van der Waals surface area contributed by atoms with Crippen molar-refractivity contribution in [1.29, 1.82) is 0 Å². The fourth-order valence-corrected chi connectivity index (χ4v) is 5.14. The molecule has 2 N–H and O–H groups in total. The number of nitrogens with zero attached hydrogens (tertiary/aromatic N) is 5. The van der Waals surface area contributed by atoms with Gasteiger partial charge >= 0.3 is 24.3 Å². The summed E-state index contributed by atoms with van der Waals surface area (Å²) in [6, 6.07) is 14.2. The molecule has 16 heteroatoms. The van der Waals surface area contributed by atoms with Crippen molar-refractivity contribution in [3.05, 3.63) is 72.4 Å². The standard InChI is InChI=1S/C24H27N5O.2C2HF3O2/c1-2-28-15-16-29-21(19-7-4-3-5-8-19)18-26-23(29)24(28)10-13-27(14-11-24)22(30)20-9-6-12-25-17-20;2*3-2(4,5)1(6)7/h3-9,12,17-18H,2,10-11,13-16H2,1H3;2*(H,6,7). The first-order valence-corrected chi connectivity index (χ1v) is 13.3. The van der Waals surface area contributed by atoms with Crippen molar-refractivity contribution in [2.24, 2.45) is 0 Å². The number of hydrogen-bond acceptors (Lipinski definition) is 6. The van der Waals surface area contributed by atoms with Crippen LogP contribution in [-0.4, -0.2) is 90.9 Å². The van der Waals surface area contributed by atoms with E-state index >= 15 is 0 Å². The van der Waals surface area contributed by atoms with Crippen LogP contribution < -0.4 is 0 Å². The predicted octanol–water partition coefficient (Wildman–Crippen LogP) is 4.68. The van der Waals surface area contributed by atoms with Crippen LogP contribution in [0.4, 0.5) is 26.3 Å². The van der Waals surface area contributed by atoms with E-state index in [0.29, 0.717) is 5.56 Å². The van der Waals surface area contributed by atoms with Crippen LogP contribution in [0.5, 0.6) is 0 Å². The molecule has 1 aromatic carbocycles. The van der Waals surface area contributed by atoms with Crippen molar-refractivity contribution in [1.82, 2.24) is 24.3 Å². The van der Waals surface area contributed by atoms with Crippen LogP contribution in [0.25, 0.3) is 11.3 Å². The molecule has 5 rings (SSSR count). The van der Waals surface area contributed by atoms with Crippen LogP contribution in [0.1, 0.15) is 35.9 Å². The van der Waals surface area contributed by atoms with Crippen LogP contribution in [-0.2, 0) is 21.7 Å². The quantitative estimate of drug-likeness (QED) is 0.400. The van der Waals surface area contributed by atoms with Gasteiger partial charge in [-0.05, 0) is 37.1 Å². The van der Waals surface area contributed by atoms with Crippen molar-refractivity contribution >= 4 is 17.8 Å². The Balaban J connectivity index is 0.000000317. The zero-order chi connectivity index (χ0) is 32.7. The fourth-order valence-electron chi connectivity index (χ4n) is 5.14. The summed E-state index contributed by atoms with van der Waals surface area (Å²) >= 11 is 0. The van der Waals surface area contributed by atoms with Gasteiger partial charge in [0.05, 0.1) is 23.0 Å². The van der Waals surface area contributed by atoms with Gasteiger partial charge in [0, 0.05) is 38.6 Å². The van der Waals surface area contributed by atoms with Crippen molar-refractivity contribution < 1.29 is 50.9 Å². The highest BCUT2D eigenvalue weighted by Gasteiger charge is 2.47. The number of carboxylic acids is 2. The van der Waals surface area contributed by atoms with E-state index in [1.165, 1.54) is 11.3 Å². The third-order valence-electron chi connectivity index (χ3n) is 7.19. The van der Waals surface area contributed by atoms with Gasteiger partial charge in [-0.25, -0.2) is 14.6 Å². The SMILES string of the molecule is CCN1CCn2c(-c3ccccc3)cnc2C12CCN(C(=O)c1cccnc1)CC2.O=C(O)C(F)(F)F.O=C(O)C(F)(F)F. The van der Waals surface area contributed by atoms with E-state index in [4.69, 9.17) is 24.8 Å². The second kappa shape index (κ2) is 13.9. The van der Waals surface area contributed by atoms with Crippen LogP contribution >= 0.6 is 0 Å². The van der Waals surface area contributed by atoms with Crippen LogP contribution in [0.15, 0.2) is 61.1 Å². The minimum Gasteiger partial charge on any atom is -0.475 e. The number of piperidine rings is 1. The lowest BCUT2D eigenvalue weighted by Crippen LogP contribution is -2.58. The number of halogens is 6. The molecular weight excluding hydrogens is 600 g/mol. The van der Waals surface area contributed by atoms with Crippen LogP contribution in [0.2, 0.25) is 0 Å². The number of hydrogen-bond donors (Lipinski definition) is 2. The molecule has 0 atom stereocenters. The summed E-state index contributed by atoms with van der Waals surface area (Å²) in [7, 11) is 0. The second-order valence-electron chi connectivity index (χ2n) is 9.74. The lowest BCUT2D eigenvalue weighted by atomic mass is 9.83. The minimum atomic E-state index is -5.08. The molecule has 0 unspecified atom stereocenters. The molecule has 1 spiro atoms. The van der Waals surface area contributed by atoms with Crippen LogP contribution in [0.3, 0.4) is 0 Å². The molecule has 0 radical (unpaired) electrons. The summed E-state index contributed by atoms with van der Waals surface area (Å²) in [6.45, 7) is 6.65. The zero-order valence-electron chi connectivity index (χ0n) is 23.3. The van der Waals surface area contributed by atoms with Gasteiger partial charge in [-0.1, -0.05) is 37.3 Å². The Morgan fingerprint density at radius 2 is 1.41 bits per heavy atom. The van der Waals surface area contributed by atoms with E-state index in [1.54, 1.807) is 12.4 Å². The van der Waals surface area contributed by atoms with E-state index in [1.807, 2.05) is 29.3 Å². The monoisotopic (exact) mass is 629 g/mol. The maximum absolute atomic E-state index is 12.9. The summed E-state index contributed by atoms with van der Waals surface area (Å²) in [4.78, 5) is 44.3. The van der Waals surface area contributed by atoms with E-state index in [-0.39, 0.29) is 11.4 Å². The molecule has 0 saturated carbocycles. The largest absolute Gasteiger partial charge is 0.490 e. The molecule has 44 heavy (non-hydrogen) atoms. The Bertz CT molecular complexity index is 1400.